The first kappa shape index (κ1) is 19.7. The Kier molecular flexibility index (Phi) is 4.83. The number of hydrogen-bond donors (Lipinski definition) is 3. The highest BCUT2D eigenvalue weighted by atomic mass is 32.1. The van der Waals surface area contributed by atoms with Crippen LogP contribution in [0.1, 0.15) is 25.5 Å². The molecule has 3 heterocycles. The van der Waals surface area contributed by atoms with Gasteiger partial charge in [-0.15, -0.1) is 11.3 Å². The first-order chi connectivity index (χ1) is 14.3. The van der Waals surface area contributed by atoms with E-state index >= 15 is 0 Å². The van der Waals surface area contributed by atoms with Gasteiger partial charge in [-0.25, -0.2) is 14.6 Å². The van der Waals surface area contributed by atoms with Gasteiger partial charge >= 0.3 is 11.9 Å². The Balaban J connectivity index is 2.07. The number of thiazole rings is 1. The average Bonchev–Trinajstić information content (AvgIpc) is 3.27. The average molecular weight is 425 g/mol. The van der Waals surface area contributed by atoms with Crippen LogP contribution < -0.4 is 10.1 Å². The molecule has 0 bridgehead atoms. The minimum absolute atomic E-state index is 0.0184. The predicted molar refractivity (Wildman–Crippen MR) is 112 cm³/mol. The SMILES string of the molecule is COc1cccc(-c2nc3sccn3c2C2C(C(=O)O)=C(C)NC(C)=C2C(=O)O)c1. The van der Waals surface area contributed by atoms with E-state index in [0.29, 0.717) is 39.1 Å². The fourth-order valence-electron chi connectivity index (χ4n) is 3.90. The molecule has 0 fully saturated rings. The number of aromatic nitrogens is 2. The zero-order chi connectivity index (χ0) is 21.6. The zero-order valence-corrected chi connectivity index (χ0v) is 17.3. The smallest absolute Gasteiger partial charge is 0.334 e. The maximum absolute atomic E-state index is 12.2. The lowest BCUT2D eigenvalue weighted by Crippen LogP contribution is -2.31. The molecule has 0 aliphatic carbocycles. The summed E-state index contributed by atoms with van der Waals surface area (Å²) in [5, 5.41) is 24.7. The summed E-state index contributed by atoms with van der Waals surface area (Å²) in [6.07, 6.45) is 1.78. The molecule has 0 amide bonds. The third-order valence-corrected chi connectivity index (χ3v) is 5.89. The Bertz CT molecular complexity index is 1210. The first-order valence-electron chi connectivity index (χ1n) is 9.08. The van der Waals surface area contributed by atoms with Gasteiger partial charge in [-0.1, -0.05) is 12.1 Å². The molecule has 9 heteroatoms. The summed E-state index contributed by atoms with van der Waals surface area (Å²) in [4.78, 5) is 29.8. The molecule has 2 aromatic heterocycles. The summed E-state index contributed by atoms with van der Waals surface area (Å²) in [6.45, 7) is 3.27. The second-order valence-electron chi connectivity index (χ2n) is 6.88. The van der Waals surface area contributed by atoms with E-state index in [1.165, 1.54) is 11.3 Å². The molecule has 8 nitrogen and oxygen atoms in total. The molecule has 0 unspecified atom stereocenters. The van der Waals surface area contributed by atoms with Crippen LogP contribution in [-0.4, -0.2) is 38.6 Å². The lowest BCUT2D eigenvalue weighted by molar-refractivity contribution is -0.133. The molecular weight excluding hydrogens is 406 g/mol. The number of nitrogens with zero attached hydrogens (tertiary/aromatic N) is 2. The number of imidazole rings is 1. The molecule has 0 saturated heterocycles. The summed E-state index contributed by atoms with van der Waals surface area (Å²) in [5.74, 6) is -2.75. The topological polar surface area (TPSA) is 113 Å². The van der Waals surface area contributed by atoms with Gasteiger partial charge in [-0.2, -0.15) is 0 Å². The fourth-order valence-corrected chi connectivity index (χ4v) is 4.62. The van der Waals surface area contributed by atoms with E-state index < -0.39 is 17.9 Å². The number of benzene rings is 1. The van der Waals surface area contributed by atoms with Gasteiger partial charge in [0, 0.05) is 28.5 Å². The number of nitrogens with one attached hydrogen (secondary N) is 1. The highest BCUT2D eigenvalue weighted by Crippen LogP contribution is 2.43. The molecule has 0 atom stereocenters. The summed E-state index contributed by atoms with van der Waals surface area (Å²) in [6, 6.07) is 7.25. The third kappa shape index (κ3) is 3.03. The van der Waals surface area contributed by atoms with E-state index in [2.05, 4.69) is 5.32 Å². The van der Waals surface area contributed by atoms with Crippen molar-refractivity contribution in [3.8, 4) is 17.0 Å². The van der Waals surface area contributed by atoms with Crippen LogP contribution >= 0.6 is 11.3 Å². The van der Waals surface area contributed by atoms with Gasteiger partial charge in [0.25, 0.3) is 0 Å². The number of rotatable bonds is 5. The van der Waals surface area contributed by atoms with Gasteiger partial charge in [0.1, 0.15) is 5.75 Å². The minimum Gasteiger partial charge on any atom is -0.497 e. The van der Waals surface area contributed by atoms with Crippen LogP contribution in [0.3, 0.4) is 0 Å². The summed E-state index contributed by atoms with van der Waals surface area (Å²) >= 11 is 1.39. The molecule has 154 valence electrons. The van der Waals surface area contributed by atoms with Crippen LogP contribution in [0.15, 0.2) is 58.4 Å². The van der Waals surface area contributed by atoms with E-state index in [9.17, 15) is 19.8 Å². The number of carboxylic acids is 2. The van der Waals surface area contributed by atoms with Crippen molar-refractivity contribution in [2.24, 2.45) is 0 Å². The fraction of sp³-hybridized carbons (Fsp3) is 0.190. The molecule has 0 radical (unpaired) electrons. The van der Waals surface area contributed by atoms with E-state index in [4.69, 9.17) is 9.72 Å². The Morgan fingerprint density at radius 3 is 2.43 bits per heavy atom. The van der Waals surface area contributed by atoms with Gasteiger partial charge in [-0.3, -0.25) is 4.40 Å². The van der Waals surface area contributed by atoms with Crippen LogP contribution in [0.4, 0.5) is 0 Å². The molecule has 0 saturated carbocycles. The standard InChI is InChI=1S/C21H19N3O5S/c1-10-14(19(25)26)16(15(20(27)28)11(2)22-10)18-17(23-21-24(18)7-8-30-21)12-5-4-6-13(9-12)29-3/h4-9,16,22H,1-3H3,(H,25,26)(H,27,28). The van der Waals surface area contributed by atoms with Crippen LogP contribution in [0, 0.1) is 0 Å². The minimum atomic E-state index is -1.18. The number of ether oxygens (including phenoxy) is 1. The van der Waals surface area contributed by atoms with Crippen molar-refractivity contribution in [1.82, 2.24) is 14.7 Å². The Morgan fingerprint density at radius 2 is 1.83 bits per heavy atom. The van der Waals surface area contributed by atoms with Crippen molar-refractivity contribution < 1.29 is 24.5 Å². The normalized spacial score (nSPS) is 14.9. The number of aliphatic carboxylic acids is 2. The maximum Gasteiger partial charge on any atom is 0.334 e. The highest BCUT2D eigenvalue weighted by molar-refractivity contribution is 7.15. The molecule has 1 aliphatic heterocycles. The number of carbonyl (C=O) groups is 2. The molecule has 0 spiro atoms. The second-order valence-corrected chi connectivity index (χ2v) is 7.75. The van der Waals surface area contributed by atoms with Crippen molar-refractivity contribution in [2.45, 2.75) is 19.8 Å². The van der Waals surface area contributed by atoms with Crippen molar-refractivity contribution in [3.63, 3.8) is 0 Å². The summed E-state index contributed by atoms with van der Waals surface area (Å²) in [7, 11) is 1.56. The second kappa shape index (κ2) is 7.34. The monoisotopic (exact) mass is 425 g/mol. The number of dihydropyridines is 1. The van der Waals surface area contributed by atoms with Crippen molar-refractivity contribution in [2.75, 3.05) is 7.11 Å². The predicted octanol–water partition coefficient (Wildman–Crippen LogP) is 3.48. The van der Waals surface area contributed by atoms with Gasteiger partial charge in [0.15, 0.2) is 4.96 Å². The third-order valence-electron chi connectivity index (χ3n) is 5.14. The van der Waals surface area contributed by atoms with Crippen LogP contribution in [0.25, 0.3) is 16.2 Å². The Morgan fingerprint density at radius 1 is 1.17 bits per heavy atom. The van der Waals surface area contributed by atoms with Crippen LogP contribution in [0.5, 0.6) is 5.75 Å². The molecule has 1 aliphatic rings. The van der Waals surface area contributed by atoms with E-state index in [1.807, 2.05) is 17.5 Å². The molecule has 3 aromatic rings. The molecule has 4 rings (SSSR count). The molecular formula is C21H19N3O5S. The van der Waals surface area contributed by atoms with Crippen LogP contribution in [-0.2, 0) is 9.59 Å². The number of methoxy groups -OCH3 is 1. The van der Waals surface area contributed by atoms with Crippen molar-refractivity contribution in [3.05, 3.63) is 64.1 Å². The Hall–Kier alpha value is -3.59. The number of hydrogen-bond acceptors (Lipinski definition) is 6. The van der Waals surface area contributed by atoms with Gasteiger partial charge in [0.05, 0.1) is 35.6 Å². The highest BCUT2D eigenvalue weighted by Gasteiger charge is 2.40. The van der Waals surface area contributed by atoms with Crippen LogP contribution in [0.2, 0.25) is 0 Å². The van der Waals surface area contributed by atoms with E-state index in [-0.39, 0.29) is 11.1 Å². The maximum atomic E-state index is 12.2. The van der Waals surface area contributed by atoms with E-state index in [0.717, 1.165) is 0 Å². The lowest BCUT2D eigenvalue weighted by atomic mass is 9.81. The number of fused-ring (bicyclic) bond motifs is 1. The molecule has 1 aromatic carbocycles. The van der Waals surface area contributed by atoms with E-state index in [1.54, 1.807) is 43.7 Å². The van der Waals surface area contributed by atoms with Gasteiger partial charge in [-0.05, 0) is 26.0 Å². The van der Waals surface area contributed by atoms with Gasteiger partial charge in [0.2, 0.25) is 0 Å². The largest absolute Gasteiger partial charge is 0.497 e. The van der Waals surface area contributed by atoms with Gasteiger partial charge < -0.3 is 20.3 Å². The lowest BCUT2D eigenvalue weighted by Gasteiger charge is -2.28. The number of allylic oxidation sites excluding steroid dienone is 2. The summed E-state index contributed by atoms with van der Waals surface area (Å²) < 4.78 is 7.09. The van der Waals surface area contributed by atoms with Crippen molar-refractivity contribution in [1.29, 1.82) is 0 Å². The van der Waals surface area contributed by atoms with Crippen molar-refractivity contribution >= 4 is 28.2 Å². The molecule has 30 heavy (non-hydrogen) atoms. The Labute approximate surface area is 175 Å². The zero-order valence-electron chi connectivity index (χ0n) is 16.5. The number of carboxylic acid groups (broad SMARTS) is 2. The molecule has 3 N–H and O–H groups in total. The summed E-state index contributed by atoms with van der Waals surface area (Å²) in [5.41, 5.74) is 2.49. The quantitative estimate of drug-likeness (QED) is 0.574. The first-order valence-corrected chi connectivity index (χ1v) is 9.96.